The molecule has 0 aromatic heterocycles. The minimum Gasteiger partial charge on any atom is -0.392 e. The summed E-state index contributed by atoms with van der Waals surface area (Å²) in [5.41, 5.74) is 5.79. The Hall–Kier alpha value is -1.60. The van der Waals surface area contributed by atoms with Gasteiger partial charge in [-0.1, -0.05) is 48.0 Å². The molecule has 0 aliphatic carbocycles. The van der Waals surface area contributed by atoms with Crippen molar-refractivity contribution in [2.45, 2.75) is 20.5 Å². The minimum atomic E-state index is 0.105. The number of rotatable bonds is 2. The van der Waals surface area contributed by atoms with Gasteiger partial charge in [0, 0.05) is 0 Å². The molecule has 0 aliphatic heterocycles. The van der Waals surface area contributed by atoms with Gasteiger partial charge in [0.2, 0.25) is 0 Å². The van der Waals surface area contributed by atoms with Gasteiger partial charge in [-0.15, -0.1) is 0 Å². The van der Waals surface area contributed by atoms with Gasteiger partial charge in [-0.2, -0.15) is 0 Å². The molecule has 16 heavy (non-hydrogen) atoms. The highest BCUT2D eigenvalue weighted by atomic mass is 16.3. The topological polar surface area (TPSA) is 20.2 Å². The molecule has 1 N–H and O–H groups in total. The summed E-state index contributed by atoms with van der Waals surface area (Å²) in [5.74, 6) is 0. The zero-order valence-corrected chi connectivity index (χ0v) is 9.70. The Morgan fingerprint density at radius 3 is 2.31 bits per heavy atom. The van der Waals surface area contributed by atoms with Gasteiger partial charge < -0.3 is 5.11 Å². The first-order valence-corrected chi connectivity index (χ1v) is 5.49. The molecule has 0 aliphatic rings. The predicted octanol–water partition coefficient (Wildman–Crippen LogP) is 3.46. The van der Waals surface area contributed by atoms with E-state index in [0.29, 0.717) is 0 Å². The normalized spacial score (nSPS) is 10.4. The smallest absolute Gasteiger partial charge is 0.0684 e. The van der Waals surface area contributed by atoms with Crippen LogP contribution >= 0.6 is 0 Å². The van der Waals surface area contributed by atoms with Crippen molar-refractivity contribution in [3.8, 4) is 11.1 Å². The standard InChI is InChI=1S/C15H16O/c1-11-8-14(10-16)12(2)15(9-11)13-6-4-3-5-7-13/h3-9,16H,10H2,1-2H3. The number of aryl methyl sites for hydroxylation is 1. The first kappa shape index (κ1) is 10.9. The quantitative estimate of drug-likeness (QED) is 0.808. The second-order valence-electron chi connectivity index (χ2n) is 4.12. The van der Waals surface area contributed by atoms with Crippen LogP contribution in [0.5, 0.6) is 0 Å². The van der Waals surface area contributed by atoms with Crippen molar-refractivity contribution in [1.29, 1.82) is 0 Å². The molecule has 0 radical (unpaired) electrons. The Morgan fingerprint density at radius 1 is 1.00 bits per heavy atom. The fourth-order valence-corrected chi connectivity index (χ4v) is 2.02. The maximum absolute atomic E-state index is 9.31. The largest absolute Gasteiger partial charge is 0.392 e. The van der Waals surface area contributed by atoms with E-state index in [-0.39, 0.29) is 6.61 Å². The fourth-order valence-electron chi connectivity index (χ4n) is 2.02. The van der Waals surface area contributed by atoms with Crippen molar-refractivity contribution in [2.24, 2.45) is 0 Å². The Balaban J connectivity index is 2.61. The molecule has 82 valence electrons. The van der Waals surface area contributed by atoms with Gasteiger partial charge in [-0.05, 0) is 36.1 Å². The fraction of sp³-hybridized carbons (Fsp3) is 0.200. The second kappa shape index (κ2) is 4.50. The zero-order chi connectivity index (χ0) is 11.5. The monoisotopic (exact) mass is 212 g/mol. The number of hydrogen-bond acceptors (Lipinski definition) is 1. The highest BCUT2D eigenvalue weighted by Crippen LogP contribution is 2.27. The molecule has 0 amide bonds. The Morgan fingerprint density at radius 2 is 1.69 bits per heavy atom. The van der Waals surface area contributed by atoms with E-state index in [1.807, 2.05) is 24.3 Å². The van der Waals surface area contributed by atoms with Crippen LogP contribution in [0.15, 0.2) is 42.5 Å². The van der Waals surface area contributed by atoms with Crippen molar-refractivity contribution < 1.29 is 5.11 Å². The van der Waals surface area contributed by atoms with Gasteiger partial charge >= 0.3 is 0 Å². The third kappa shape index (κ3) is 2.00. The van der Waals surface area contributed by atoms with Crippen LogP contribution in [0.1, 0.15) is 16.7 Å². The third-order valence-corrected chi connectivity index (χ3v) is 2.91. The summed E-state index contributed by atoms with van der Waals surface area (Å²) in [6.07, 6.45) is 0. The van der Waals surface area contributed by atoms with E-state index < -0.39 is 0 Å². The highest BCUT2D eigenvalue weighted by Gasteiger charge is 2.06. The number of benzene rings is 2. The molecule has 2 aromatic carbocycles. The molecule has 0 unspecified atom stereocenters. The molecule has 2 aromatic rings. The van der Waals surface area contributed by atoms with Crippen molar-refractivity contribution in [2.75, 3.05) is 0 Å². The number of aliphatic hydroxyl groups is 1. The van der Waals surface area contributed by atoms with Crippen LogP contribution in [0.3, 0.4) is 0 Å². The van der Waals surface area contributed by atoms with Crippen molar-refractivity contribution in [3.63, 3.8) is 0 Å². The van der Waals surface area contributed by atoms with Gasteiger partial charge in [-0.3, -0.25) is 0 Å². The summed E-state index contributed by atoms with van der Waals surface area (Å²) in [6, 6.07) is 14.5. The Kier molecular flexibility index (Phi) is 3.07. The average Bonchev–Trinajstić information content (AvgIpc) is 2.33. The van der Waals surface area contributed by atoms with Crippen molar-refractivity contribution >= 4 is 0 Å². The second-order valence-corrected chi connectivity index (χ2v) is 4.12. The molecular formula is C15H16O. The molecule has 1 nitrogen and oxygen atoms in total. The molecular weight excluding hydrogens is 196 g/mol. The van der Waals surface area contributed by atoms with E-state index in [0.717, 1.165) is 5.56 Å². The molecule has 1 heteroatoms. The molecule has 0 spiro atoms. The first-order valence-electron chi connectivity index (χ1n) is 5.49. The Labute approximate surface area is 96.4 Å². The van der Waals surface area contributed by atoms with Crippen LogP contribution in [0.2, 0.25) is 0 Å². The summed E-state index contributed by atoms with van der Waals surface area (Å²) in [6.45, 7) is 4.23. The molecule has 0 fully saturated rings. The molecule has 0 bridgehead atoms. The maximum Gasteiger partial charge on any atom is 0.0684 e. The lowest BCUT2D eigenvalue weighted by molar-refractivity contribution is 0.281. The third-order valence-electron chi connectivity index (χ3n) is 2.91. The predicted molar refractivity (Wildman–Crippen MR) is 67.3 cm³/mol. The summed E-state index contributed by atoms with van der Waals surface area (Å²) >= 11 is 0. The van der Waals surface area contributed by atoms with Gasteiger partial charge in [0.25, 0.3) is 0 Å². The first-order chi connectivity index (χ1) is 7.72. The van der Waals surface area contributed by atoms with E-state index in [1.54, 1.807) is 0 Å². The van der Waals surface area contributed by atoms with Crippen LogP contribution in [-0.4, -0.2) is 5.11 Å². The van der Waals surface area contributed by atoms with E-state index >= 15 is 0 Å². The van der Waals surface area contributed by atoms with Crippen LogP contribution in [0, 0.1) is 13.8 Å². The Bertz CT molecular complexity index is 486. The van der Waals surface area contributed by atoms with Crippen molar-refractivity contribution in [1.82, 2.24) is 0 Å². The number of hydrogen-bond donors (Lipinski definition) is 1. The maximum atomic E-state index is 9.31. The van der Waals surface area contributed by atoms with Gasteiger partial charge in [0.05, 0.1) is 6.61 Å². The van der Waals surface area contributed by atoms with E-state index in [4.69, 9.17) is 0 Å². The van der Waals surface area contributed by atoms with Crippen LogP contribution in [0.4, 0.5) is 0 Å². The summed E-state index contributed by atoms with van der Waals surface area (Å²) in [5, 5.41) is 9.31. The summed E-state index contributed by atoms with van der Waals surface area (Å²) in [4.78, 5) is 0. The highest BCUT2D eigenvalue weighted by molar-refractivity contribution is 5.69. The molecule has 0 heterocycles. The van der Waals surface area contributed by atoms with E-state index in [2.05, 4.69) is 32.0 Å². The van der Waals surface area contributed by atoms with E-state index in [9.17, 15) is 5.11 Å². The van der Waals surface area contributed by atoms with Gasteiger partial charge in [0.15, 0.2) is 0 Å². The number of aliphatic hydroxyl groups excluding tert-OH is 1. The molecule has 0 atom stereocenters. The van der Waals surface area contributed by atoms with Gasteiger partial charge in [0.1, 0.15) is 0 Å². The molecule has 0 saturated heterocycles. The lowest BCUT2D eigenvalue weighted by Gasteiger charge is -2.11. The lowest BCUT2D eigenvalue weighted by Crippen LogP contribution is -1.93. The van der Waals surface area contributed by atoms with Crippen molar-refractivity contribution in [3.05, 3.63) is 59.2 Å². The molecule has 2 rings (SSSR count). The minimum absolute atomic E-state index is 0.105. The summed E-state index contributed by atoms with van der Waals surface area (Å²) < 4.78 is 0. The molecule has 0 saturated carbocycles. The van der Waals surface area contributed by atoms with Gasteiger partial charge in [-0.25, -0.2) is 0 Å². The lowest BCUT2D eigenvalue weighted by atomic mass is 9.94. The SMILES string of the molecule is Cc1cc(CO)c(C)c(-c2ccccc2)c1. The van der Waals surface area contributed by atoms with E-state index in [1.165, 1.54) is 22.3 Å². The van der Waals surface area contributed by atoms with Crippen LogP contribution < -0.4 is 0 Å². The van der Waals surface area contributed by atoms with Crippen LogP contribution in [0.25, 0.3) is 11.1 Å². The van der Waals surface area contributed by atoms with Crippen LogP contribution in [-0.2, 0) is 6.61 Å². The zero-order valence-electron chi connectivity index (χ0n) is 9.70. The summed E-state index contributed by atoms with van der Waals surface area (Å²) in [7, 11) is 0. The average molecular weight is 212 g/mol.